The minimum atomic E-state index is -1.65. The maximum absolute atomic E-state index is 13.4. The van der Waals surface area contributed by atoms with Crippen LogP contribution in [0, 0.1) is 11.8 Å². The lowest BCUT2D eigenvalue weighted by atomic mass is 9.97. The summed E-state index contributed by atoms with van der Waals surface area (Å²) < 4.78 is 21.9. The van der Waals surface area contributed by atoms with Gasteiger partial charge in [0.15, 0.2) is 11.9 Å². The molecule has 0 saturated heterocycles. The maximum Gasteiger partial charge on any atom is 0.378 e. The Hall–Kier alpha value is -5.21. The molecule has 0 saturated carbocycles. The predicted molar refractivity (Wildman–Crippen MR) is 236 cm³/mol. The molecule has 1 heterocycles. The van der Waals surface area contributed by atoms with E-state index in [0.717, 1.165) is 34.4 Å². The third kappa shape index (κ3) is 14.7. The van der Waals surface area contributed by atoms with E-state index in [0.29, 0.717) is 40.2 Å². The highest BCUT2D eigenvalue weighted by molar-refractivity contribution is 8.77. The van der Waals surface area contributed by atoms with Gasteiger partial charge >= 0.3 is 23.9 Å². The Morgan fingerprint density at radius 1 is 0.787 bits per heavy atom. The molecule has 0 fully saturated rings. The topological polar surface area (TPSA) is 166 Å². The molecule has 1 aliphatic rings. The van der Waals surface area contributed by atoms with E-state index in [1.165, 1.54) is 27.2 Å². The van der Waals surface area contributed by atoms with Crippen LogP contribution in [0.1, 0.15) is 94.5 Å². The number of hydrogen-bond donors (Lipinski definition) is 2. The van der Waals surface area contributed by atoms with E-state index in [4.69, 9.17) is 18.9 Å². The van der Waals surface area contributed by atoms with Crippen LogP contribution in [-0.4, -0.2) is 77.4 Å². The van der Waals surface area contributed by atoms with Gasteiger partial charge in [0.2, 0.25) is 18.3 Å². The van der Waals surface area contributed by atoms with Crippen molar-refractivity contribution in [1.82, 2.24) is 4.90 Å². The number of carbonyl (C=O) groups excluding carboxylic acids is 5. The molecule has 0 spiro atoms. The molecule has 1 aliphatic heterocycles. The number of amides is 1. The van der Waals surface area contributed by atoms with E-state index in [2.05, 4.69) is 27.7 Å². The Balaban J connectivity index is 1.44. The van der Waals surface area contributed by atoms with Crippen molar-refractivity contribution in [3.8, 4) is 0 Å². The van der Waals surface area contributed by atoms with Gasteiger partial charge in [0, 0.05) is 22.8 Å². The molecule has 0 bridgehead atoms. The first-order valence-corrected chi connectivity index (χ1v) is 22.7. The van der Waals surface area contributed by atoms with Gasteiger partial charge in [-0.1, -0.05) is 128 Å². The lowest BCUT2D eigenvalue weighted by molar-refractivity contribution is -0.172. The highest BCUT2D eigenvalue weighted by atomic mass is 33.1. The zero-order valence-electron chi connectivity index (χ0n) is 35.8. The van der Waals surface area contributed by atoms with Gasteiger partial charge in [-0.2, -0.15) is 0 Å². The summed E-state index contributed by atoms with van der Waals surface area (Å²) in [7, 11) is 2.91. The van der Waals surface area contributed by atoms with E-state index < -0.39 is 72.6 Å². The normalized spacial score (nSPS) is 15.8. The van der Waals surface area contributed by atoms with Gasteiger partial charge in [0.25, 0.3) is 0 Å². The van der Waals surface area contributed by atoms with Crippen molar-refractivity contribution in [2.75, 3.05) is 19.8 Å². The second kappa shape index (κ2) is 23.7. The van der Waals surface area contributed by atoms with Gasteiger partial charge in [-0.05, 0) is 73.3 Å². The smallest absolute Gasteiger partial charge is 0.378 e. The molecule has 1 amide bonds. The fraction of sp³-hybridized carbons (Fsp3) is 0.426. The molecule has 2 unspecified atom stereocenters. The Bertz CT molecular complexity index is 2010. The molecule has 4 rings (SSSR count). The molecule has 328 valence electrons. The third-order valence-corrected chi connectivity index (χ3v) is 12.6. The Morgan fingerprint density at radius 2 is 1.34 bits per heavy atom. The number of rotatable bonds is 23. The van der Waals surface area contributed by atoms with Gasteiger partial charge < -0.3 is 34.1 Å². The number of carbonyl (C=O) groups is 5. The van der Waals surface area contributed by atoms with E-state index in [1.807, 2.05) is 78.9 Å². The number of ether oxygens (including phenoxy) is 4. The standard InChI is InChI=1S/C47H57NO11S2/c1-29(2)23-34-13-17-37(18-14-34)31(5)45(53)56-22-21-40(61-60-27-36-11-9-8-10-12-36)33(7)48(28-49)25-41(50)57-26-39(44-42(51)43(52)47(55)59-44)58-46(54)32(6)38-19-15-35(16-20-38)24-30(3)4/h8-20,28-32,39,44,51-52H,21-27H2,1-7H3/b40-33+/t31?,32?,39-,44+/m0/s1. The highest BCUT2D eigenvalue weighted by Crippen LogP contribution is 2.37. The summed E-state index contributed by atoms with van der Waals surface area (Å²) in [6, 6.07) is 25.2. The molecule has 14 heteroatoms. The van der Waals surface area contributed by atoms with E-state index >= 15 is 0 Å². The van der Waals surface area contributed by atoms with Gasteiger partial charge in [-0.25, -0.2) is 4.79 Å². The fourth-order valence-corrected chi connectivity index (χ4v) is 8.96. The summed E-state index contributed by atoms with van der Waals surface area (Å²) in [6.07, 6.45) is -0.645. The molecule has 0 aliphatic carbocycles. The highest BCUT2D eigenvalue weighted by Gasteiger charge is 2.43. The van der Waals surface area contributed by atoms with Crippen LogP contribution in [0.3, 0.4) is 0 Å². The van der Waals surface area contributed by atoms with Crippen LogP contribution in [-0.2, 0) is 61.5 Å². The molecule has 4 atom stereocenters. The summed E-state index contributed by atoms with van der Waals surface area (Å²) >= 11 is 0. The number of nitrogens with zero attached hydrogens (tertiary/aromatic N) is 1. The Kier molecular flexibility index (Phi) is 18.8. The van der Waals surface area contributed by atoms with Crippen LogP contribution in [0.25, 0.3) is 0 Å². The Labute approximate surface area is 366 Å². The number of hydrogen-bond acceptors (Lipinski definition) is 13. The monoisotopic (exact) mass is 875 g/mol. The quantitative estimate of drug-likeness (QED) is 0.0402. The Morgan fingerprint density at radius 3 is 1.85 bits per heavy atom. The molecule has 61 heavy (non-hydrogen) atoms. The lowest BCUT2D eigenvalue weighted by Gasteiger charge is -2.25. The van der Waals surface area contributed by atoms with E-state index in [-0.39, 0.29) is 13.0 Å². The zero-order valence-corrected chi connectivity index (χ0v) is 37.5. The zero-order chi connectivity index (χ0) is 44.6. The molecular weight excluding hydrogens is 819 g/mol. The largest absolute Gasteiger partial charge is 0.505 e. The molecule has 2 N–H and O–H groups in total. The van der Waals surface area contributed by atoms with Crippen LogP contribution in [0.2, 0.25) is 0 Å². The van der Waals surface area contributed by atoms with Crippen molar-refractivity contribution in [2.45, 2.75) is 97.5 Å². The molecule has 12 nitrogen and oxygen atoms in total. The van der Waals surface area contributed by atoms with Gasteiger partial charge in [-0.15, -0.1) is 0 Å². The summed E-state index contributed by atoms with van der Waals surface area (Å²) in [5.74, 6) is -4.90. The average Bonchev–Trinajstić information content (AvgIpc) is 3.50. The van der Waals surface area contributed by atoms with Crippen LogP contribution in [0.4, 0.5) is 0 Å². The molecule has 0 radical (unpaired) electrons. The average molecular weight is 876 g/mol. The van der Waals surface area contributed by atoms with Crippen LogP contribution >= 0.6 is 21.6 Å². The SMILES string of the molecule is C/C(=C(/CCOC(=O)C(C)c1ccc(CC(C)C)cc1)SSCc1ccccc1)N(C=O)CC(=O)OC[C@H](OC(=O)C(C)c1ccc(CC(C)C)cc1)[C@H]1OC(=O)C(O)=C1O. The van der Waals surface area contributed by atoms with Crippen LogP contribution < -0.4 is 0 Å². The van der Waals surface area contributed by atoms with Crippen molar-refractivity contribution in [3.05, 3.63) is 129 Å². The second-order valence-electron chi connectivity index (χ2n) is 15.8. The molecule has 3 aromatic carbocycles. The number of esters is 4. The first-order chi connectivity index (χ1) is 29.1. The maximum atomic E-state index is 13.4. The minimum absolute atomic E-state index is 0.0227. The van der Waals surface area contributed by atoms with Gasteiger partial charge in [0.1, 0.15) is 13.2 Å². The third-order valence-electron chi connectivity index (χ3n) is 9.97. The van der Waals surface area contributed by atoms with Gasteiger partial charge in [0.05, 0.1) is 18.4 Å². The number of aliphatic hydroxyl groups is 2. The van der Waals surface area contributed by atoms with Crippen molar-refractivity contribution in [2.24, 2.45) is 11.8 Å². The predicted octanol–water partition coefficient (Wildman–Crippen LogP) is 8.90. The number of allylic oxidation sites excluding steroid dienone is 1. The van der Waals surface area contributed by atoms with Crippen molar-refractivity contribution in [3.63, 3.8) is 0 Å². The minimum Gasteiger partial charge on any atom is -0.505 e. The first-order valence-electron chi connectivity index (χ1n) is 20.4. The second-order valence-corrected chi connectivity index (χ2v) is 18.2. The number of benzene rings is 3. The number of aliphatic hydroxyl groups excluding tert-OH is 2. The molecular formula is C47H57NO11S2. The molecule has 0 aromatic heterocycles. The first kappa shape index (κ1) is 48.5. The van der Waals surface area contributed by atoms with Crippen molar-refractivity contribution < 1.29 is 53.1 Å². The van der Waals surface area contributed by atoms with Crippen LogP contribution in [0.15, 0.2) is 101 Å². The van der Waals surface area contributed by atoms with Crippen molar-refractivity contribution in [1.29, 1.82) is 0 Å². The lowest BCUT2D eigenvalue weighted by Crippen LogP contribution is -2.40. The summed E-state index contributed by atoms with van der Waals surface area (Å²) in [6.45, 7) is 12.4. The molecule has 3 aromatic rings. The van der Waals surface area contributed by atoms with E-state index in [1.54, 1.807) is 20.8 Å². The summed E-state index contributed by atoms with van der Waals surface area (Å²) in [4.78, 5) is 66.2. The van der Waals surface area contributed by atoms with Crippen LogP contribution in [0.5, 0.6) is 0 Å². The van der Waals surface area contributed by atoms with E-state index in [9.17, 15) is 34.2 Å². The van der Waals surface area contributed by atoms with Crippen molar-refractivity contribution >= 4 is 51.9 Å². The fourth-order valence-electron chi connectivity index (χ4n) is 6.40. The number of cyclic esters (lactones) is 1. The van der Waals surface area contributed by atoms with Gasteiger partial charge in [-0.3, -0.25) is 19.2 Å². The summed E-state index contributed by atoms with van der Waals surface area (Å²) in [5, 5.41) is 20.5. The summed E-state index contributed by atoms with van der Waals surface area (Å²) in [5.41, 5.74) is 5.30.